The Bertz CT molecular complexity index is 2050. The van der Waals surface area contributed by atoms with Crippen LogP contribution < -0.4 is 19.7 Å². The Hall–Kier alpha value is -5.27. The van der Waals surface area contributed by atoms with Crippen LogP contribution in [0.3, 0.4) is 0 Å². The van der Waals surface area contributed by atoms with Gasteiger partial charge in [-0.05, 0) is 73.9 Å². The van der Waals surface area contributed by atoms with E-state index >= 15 is 0 Å². The normalized spacial score (nSPS) is 16.9. The minimum Gasteiger partial charge on any atom is -0.497 e. The molecule has 0 unspecified atom stereocenters. The third kappa shape index (κ3) is 6.59. The molecule has 1 amide bonds. The molecule has 1 saturated heterocycles. The van der Waals surface area contributed by atoms with Gasteiger partial charge in [0.25, 0.3) is 0 Å². The molecule has 2 aromatic heterocycles. The van der Waals surface area contributed by atoms with E-state index in [1.807, 2.05) is 36.4 Å². The highest BCUT2D eigenvalue weighted by molar-refractivity contribution is 7.92. The zero-order chi connectivity index (χ0) is 34.0. The second-order valence-electron chi connectivity index (χ2n) is 12.1. The first kappa shape index (κ1) is 32.3. The van der Waals surface area contributed by atoms with Crippen molar-refractivity contribution in [2.75, 3.05) is 37.1 Å². The number of nitrogens with zero attached hydrogens (tertiary/aromatic N) is 5. The molecule has 3 aromatic carbocycles. The van der Waals surface area contributed by atoms with Gasteiger partial charge in [0.1, 0.15) is 22.1 Å². The molecule has 252 valence electrons. The molecule has 0 bridgehead atoms. The zero-order valence-electron chi connectivity index (χ0n) is 27.2. The third-order valence-corrected chi connectivity index (χ3v) is 11.3. The van der Waals surface area contributed by atoms with Gasteiger partial charge in [-0.1, -0.05) is 30.3 Å². The first-order chi connectivity index (χ1) is 23.8. The number of hydrogen-bond acceptors (Lipinski definition) is 10. The van der Waals surface area contributed by atoms with Gasteiger partial charge in [-0.2, -0.15) is 0 Å². The van der Waals surface area contributed by atoms with Gasteiger partial charge in [0.2, 0.25) is 15.0 Å². The molecule has 0 radical (unpaired) electrons. The summed E-state index contributed by atoms with van der Waals surface area (Å²) in [6.07, 6.45) is 3.40. The van der Waals surface area contributed by atoms with Crippen LogP contribution in [0.5, 0.6) is 11.5 Å². The summed E-state index contributed by atoms with van der Waals surface area (Å²) in [6.45, 7) is 4.05. The quantitative estimate of drug-likeness (QED) is 0.196. The van der Waals surface area contributed by atoms with Crippen molar-refractivity contribution < 1.29 is 27.4 Å². The number of imidazole rings is 1. The van der Waals surface area contributed by atoms with Crippen molar-refractivity contribution in [2.24, 2.45) is 0 Å². The Morgan fingerprint density at radius 3 is 2.45 bits per heavy atom. The fourth-order valence-electron chi connectivity index (χ4n) is 5.99. The highest BCUT2D eigenvalue weighted by Gasteiger charge is 2.59. The van der Waals surface area contributed by atoms with Gasteiger partial charge in [0.05, 0.1) is 32.1 Å². The lowest BCUT2D eigenvalue weighted by Crippen LogP contribution is -2.44. The van der Waals surface area contributed by atoms with E-state index < -0.39 is 20.7 Å². The topological polar surface area (TPSA) is 138 Å². The highest BCUT2D eigenvalue weighted by atomic mass is 32.2. The van der Waals surface area contributed by atoms with Crippen LogP contribution in [-0.4, -0.2) is 66.9 Å². The minimum atomic E-state index is -3.97. The lowest BCUT2D eigenvalue weighted by Gasteiger charge is -2.34. The monoisotopic (exact) mass is 680 g/mol. The molecular weight excluding hydrogens is 644 g/mol. The van der Waals surface area contributed by atoms with Crippen molar-refractivity contribution in [2.45, 2.75) is 42.3 Å². The zero-order valence-corrected chi connectivity index (χ0v) is 28.0. The van der Waals surface area contributed by atoms with Gasteiger partial charge in [0.15, 0.2) is 5.82 Å². The van der Waals surface area contributed by atoms with Gasteiger partial charge >= 0.3 is 6.09 Å². The number of morpholine rings is 1. The molecule has 0 spiro atoms. The summed E-state index contributed by atoms with van der Waals surface area (Å²) in [5, 5.41) is 2.73. The van der Waals surface area contributed by atoms with Crippen LogP contribution in [0.4, 0.5) is 16.3 Å². The van der Waals surface area contributed by atoms with Gasteiger partial charge in [-0.3, -0.25) is 5.32 Å². The molecule has 3 heterocycles. The smallest absolute Gasteiger partial charge is 0.417 e. The molecular formula is C36H36N6O6S. The van der Waals surface area contributed by atoms with E-state index in [4.69, 9.17) is 24.2 Å². The Labute approximate surface area is 284 Å². The van der Waals surface area contributed by atoms with E-state index in [0.717, 1.165) is 11.3 Å². The van der Waals surface area contributed by atoms with Crippen LogP contribution in [0.2, 0.25) is 0 Å². The third-order valence-electron chi connectivity index (χ3n) is 8.83. The number of carbonyl (C=O) groups excluding carboxylic acids is 1. The van der Waals surface area contributed by atoms with Crippen LogP contribution in [-0.2, 0) is 25.9 Å². The number of benzene rings is 3. The average Bonchev–Trinajstić information content (AvgIpc) is 3.82. The van der Waals surface area contributed by atoms with Crippen LogP contribution in [0.15, 0.2) is 102 Å². The molecule has 2 aliphatic rings. The molecule has 13 heteroatoms. The van der Waals surface area contributed by atoms with E-state index in [2.05, 4.69) is 22.1 Å². The van der Waals surface area contributed by atoms with E-state index in [0.29, 0.717) is 73.5 Å². The van der Waals surface area contributed by atoms with Gasteiger partial charge in [0, 0.05) is 42.8 Å². The van der Waals surface area contributed by atoms with Crippen molar-refractivity contribution in [1.82, 2.24) is 19.5 Å². The number of ether oxygens (including phenoxy) is 3. The molecule has 1 N–H and O–H groups in total. The number of carbonyl (C=O) groups is 1. The lowest BCUT2D eigenvalue weighted by molar-refractivity contribution is 0.0985. The summed E-state index contributed by atoms with van der Waals surface area (Å²) >= 11 is 0. The van der Waals surface area contributed by atoms with E-state index in [9.17, 15) is 13.2 Å². The Morgan fingerprint density at radius 1 is 1.00 bits per heavy atom. The fourth-order valence-corrected chi connectivity index (χ4v) is 7.99. The van der Waals surface area contributed by atoms with Gasteiger partial charge < -0.3 is 23.7 Å². The number of para-hydroxylation sites is 1. The summed E-state index contributed by atoms with van der Waals surface area (Å²) in [5.41, 5.74) is 2.53. The SMILES string of the molecule is COc1ccc(Cn2ccnc2S(=O)(=O)C2(c3cc(N4CCOC[C@@H]4C)nc(-c4ccc(NC(=O)Oc5ccccc5)cc4)n3)CC2)cc1. The van der Waals surface area contributed by atoms with E-state index in [-0.39, 0.29) is 11.2 Å². The largest absolute Gasteiger partial charge is 0.497 e. The van der Waals surface area contributed by atoms with Gasteiger partial charge in [-0.15, -0.1) is 0 Å². The van der Waals surface area contributed by atoms with Crippen molar-refractivity contribution in [1.29, 1.82) is 0 Å². The lowest BCUT2D eigenvalue weighted by atomic mass is 10.1. The van der Waals surface area contributed by atoms with Crippen LogP contribution in [0.1, 0.15) is 31.0 Å². The summed E-state index contributed by atoms with van der Waals surface area (Å²) in [7, 11) is -2.37. The number of anilines is 2. The second-order valence-corrected chi connectivity index (χ2v) is 14.3. The summed E-state index contributed by atoms with van der Waals surface area (Å²) in [4.78, 5) is 28.7. The van der Waals surface area contributed by atoms with Crippen molar-refractivity contribution in [3.8, 4) is 22.9 Å². The number of amides is 1. The molecule has 1 atom stereocenters. The van der Waals surface area contributed by atoms with E-state index in [1.165, 1.54) is 6.20 Å². The second kappa shape index (κ2) is 13.3. The van der Waals surface area contributed by atoms with Crippen LogP contribution in [0, 0.1) is 0 Å². The van der Waals surface area contributed by atoms with Crippen molar-refractivity contribution >= 4 is 27.4 Å². The molecule has 1 aliphatic heterocycles. The molecule has 2 fully saturated rings. The highest BCUT2D eigenvalue weighted by Crippen LogP contribution is 2.55. The number of sulfone groups is 1. The van der Waals surface area contributed by atoms with Crippen molar-refractivity contribution in [3.05, 3.63) is 109 Å². The minimum absolute atomic E-state index is 0.0000805. The summed E-state index contributed by atoms with van der Waals surface area (Å²) in [6, 6.07) is 25.2. The molecule has 49 heavy (non-hydrogen) atoms. The average molecular weight is 681 g/mol. The number of hydrogen-bond donors (Lipinski definition) is 1. The van der Waals surface area contributed by atoms with Crippen LogP contribution >= 0.6 is 0 Å². The molecule has 1 aliphatic carbocycles. The van der Waals surface area contributed by atoms with E-state index in [1.54, 1.807) is 66.4 Å². The Kier molecular flexibility index (Phi) is 8.78. The predicted molar refractivity (Wildman–Crippen MR) is 184 cm³/mol. The molecule has 5 aromatic rings. The van der Waals surface area contributed by atoms with Crippen LogP contribution in [0.25, 0.3) is 11.4 Å². The maximum Gasteiger partial charge on any atom is 0.417 e. The molecule has 12 nitrogen and oxygen atoms in total. The fraction of sp³-hybridized carbons (Fsp3) is 0.278. The standard InChI is InChI=1S/C36H36N6O6S/c1-25-24-47-21-20-42(25)32-22-31(39-33(40-32)27-10-12-28(13-11-27)38-35(43)48-30-6-4-3-5-7-30)36(16-17-36)49(44,45)34-37-18-19-41(34)23-26-8-14-29(46-2)15-9-26/h3-15,18-19,22,25H,16-17,20-21,23-24H2,1-2H3,(H,38,43)/t25-/m0/s1. The number of aromatic nitrogens is 4. The van der Waals surface area contributed by atoms with Gasteiger partial charge in [-0.25, -0.2) is 28.2 Å². The molecule has 7 rings (SSSR count). The Morgan fingerprint density at radius 2 is 1.76 bits per heavy atom. The van der Waals surface area contributed by atoms with Crippen molar-refractivity contribution in [3.63, 3.8) is 0 Å². The number of rotatable bonds is 10. The maximum absolute atomic E-state index is 14.5. The summed E-state index contributed by atoms with van der Waals surface area (Å²) in [5.74, 6) is 2.17. The maximum atomic E-state index is 14.5. The number of nitrogens with one attached hydrogen (secondary N) is 1. The first-order valence-electron chi connectivity index (χ1n) is 16.0. The first-order valence-corrected chi connectivity index (χ1v) is 17.5. The predicted octanol–water partition coefficient (Wildman–Crippen LogP) is 5.70. The summed E-state index contributed by atoms with van der Waals surface area (Å²) < 4.78 is 45.7. The Balaban J connectivity index is 1.20. The molecule has 1 saturated carbocycles. The number of methoxy groups -OCH3 is 1.